The van der Waals surface area contributed by atoms with Gasteiger partial charge in [-0.1, -0.05) is 38.1 Å². The number of ether oxygens (including phenoxy) is 1. The van der Waals surface area contributed by atoms with E-state index in [1.165, 1.54) is 23.2 Å². The lowest BCUT2D eigenvalue weighted by Crippen LogP contribution is -2.35. The first-order valence-corrected chi connectivity index (χ1v) is 11.6. The first-order chi connectivity index (χ1) is 15.0. The van der Waals surface area contributed by atoms with Gasteiger partial charge in [0.1, 0.15) is 5.69 Å². The van der Waals surface area contributed by atoms with Crippen LogP contribution in [0.1, 0.15) is 44.0 Å². The fourth-order valence-electron chi connectivity index (χ4n) is 4.87. The topological polar surface area (TPSA) is 59.0 Å². The number of fused-ring (bicyclic) bond motifs is 1. The molecule has 0 amide bonds. The minimum Gasteiger partial charge on any atom is -0.379 e. The van der Waals surface area contributed by atoms with Crippen molar-refractivity contribution in [1.29, 1.82) is 0 Å². The van der Waals surface area contributed by atoms with Gasteiger partial charge >= 0.3 is 0 Å². The predicted molar refractivity (Wildman–Crippen MR) is 123 cm³/mol. The molecule has 3 aromatic rings. The lowest BCUT2D eigenvalue weighted by atomic mass is 9.76. The van der Waals surface area contributed by atoms with Crippen molar-refractivity contribution in [3.63, 3.8) is 0 Å². The minimum atomic E-state index is 0.347. The van der Waals surface area contributed by atoms with Crippen LogP contribution >= 0.6 is 0 Å². The van der Waals surface area contributed by atoms with Crippen LogP contribution in [0.4, 0.5) is 0 Å². The average Bonchev–Trinajstić information content (AvgIpc) is 3.39. The monoisotopic (exact) mass is 419 g/mol. The van der Waals surface area contributed by atoms with E-state index in [2.05, 4.69) is 70.9 Å². The second kappa shape index (κ2) is 8.24. The van der Waals surface area contributed by atoms with Crippen LogP contribution in [-0.2, 0) is 30.7 Å². The molecular weight excluding hydrogens is 386 g/mol. The number of hydrogen-bond acceptors (Lipinski definition) is 4. The van der Waals surface area contributed by atoms with Gasteiger partial charge in [0.25, 0.3) is 0 Å². The third-order valence-electron chi connectivity index (χ3n) is 6.76. The van der Waals surface area contributed by atoms with Crippen molar-refractivity contribution >= 4 is 0 Å². The van der Waals surface area contributed by atoms with Crippen LogP contribution in [-0.4, -0.2) is 51.2 Å². The zero-order valence-electron chi connectivity index (χ0n) is 18.9. The average molecular weight is 420 g/mol. The number of aromatic nitrogens is 4. The first kappa shape index (κ1) is 20.5. The van der Waals surface area contributed by atoms with Crippen molar-refractivity contribution in [3.8, 4) is 22.6 Å². The van der Waals surface area contributed by atoms with Crippen LogP contribution in [0.5, 0.6) is 0 Å². The van der Waals surface area contributed by atoms with E-state index >= 15 is 0 Å². The third kappa shape index (κ3) is 4.19. The van der Waals surface area contributed by atoms with Crippen LogP contribution in [0.15, 0.2) is 30.3 Å². The number of benzene rings is 1. The molecule has 2 aliphatic rings. The van der Waals surface area contributed by atoms with Gasteiger partial charge in [-0.3, -0.25) is 14.7 Å². The molecule has 1 saturated heterocycles. The maximum Gasteiger partial charge on any atom is 0.114 e. The number of hydrogen-bond donors (Lipinski definition) is 1. The molecule has 1 N–H and O–H groups in total. The van der Waals surface area contributed by atoms with Gasteiger partial charge in [0.15, 0.2) is 0 Å². The van der Waals surface area contributed by atoms with Gasteiger partial charge in [0.2, 0.25) is 0 Å². The molecular formula is C25H33N5O. The summed E-state index contributed by atoms with van der Waals surface area (Å²) in [6.45, 7) is 12.5. The van der Waals surface area contributed by atoms with Gasteiger partial charge in [-0.15, -0.1) is 0 Å². The Labute approximate surface area is 184 Å². The van der Waals surface area contributed by atoms with Crippen LogP contribution in [0, 0.1) is 5.41 Å². The third-order valence-corrected chi connectivity index (χ3v) is 6.76. The summed E-state index contributed by atoms with van der Waals surface area (Å²) in [4.78, 5) is 2.44. The molecule has 0 saturated carbocycles. The largest absolute Gasteiger partial charge is 0.379 e. The van der Waals surface area contributed by atoms with Crippen molar-refractivity contribution in [1.82, 2.24) is 24.9 Å². The summed E-state index contributed by atoms with van der Waals surface area (Å²) in [5.74, 6) is 0. The normalized spacial score (nSPS) is 18.8. The highest BCUT2D eigenvalue weighted by Gasteiger charge is 2.31. The zero-order chi connectivity index (χ0) is 21.4. The number of rotatable bonds is 5. The smallest absolute Gasteiger partial charge is 0.114 e. The SMILES string of the molecule is CCn1nc(-c2cc(-c3ccc(CN4CCOCC4)cc3)n[nH]2)c2c1CC(C)(C)CC2. The molecule has 0 atom stereocenters. The van der Waals surface area contributed by atoms with Gasteiger partial charge < -0.3 is 4.74 Å². The molecule has 0 bridgehead atoms. The van der Waals surface area contributed by atoms with Crippen molar-refractivity contribution in [2.75, 3.05) is 26.3 Å². The van der Waals surface area contributed by atoms with E-state index in [-0.39, 0.29) is 0 Å². The Kier molecular flexibility index (Phi) is 5.44. The molecule has 0 unspecified atom stereocenters. The second-order valence-electron chi connectivity index (χ2n) is 9.68. The summed E-state index contributed by atoms with van der Waals surface area (Å²) in [6, 6.07) is 10.9. The summed E-state index contributed by atoms with van der Waals surface area (Å²) in [6.07, 6.45) is 3.38. The number of aryl methyl sites for hydroxylation is 1. The molecule has 164 valence electrons. The van der Waals surface area contributed by atoms with Crippen LogP contribution < -0.4 is 0 Å². The number of nitrogens with zero attached hydrogens (tertiary/aromatic N) is 4. The standard InChI is InChI=1S/C25H33N5O/c1-4-30-23-16-25(2,3)10-9-20(23)24(28-30)22-15-21(26-27-22)19-7-5-18(6-8-19)17-29-11-13-31-14-12-29/h5-8,15H,4,9-14,16-17H2,1-3H3,(H,26,27). The van der Waals surface area contributed by atoms with Crippen LogP contribution in [0.25, 0.3) is 22.6 Å². The number of morpholine rings is 1. The zero-order valence-corrected chi connectivity index (χ0v) is 18.9. The summed E-state index contributed by atoms with van der Waals surface area (Å²) in [5.41, 5.74) is 8.70. The number of aromatic amines is 1. The molecule has 1 aliphatic heterocycles. The van der Waals surface area contributed by atoms with Crippen molar-refractivity contribution in [2.45, 2.75) is 53.1 Å². The maximum absolute atomic E-state index is 5.45. The molecule has 0 spiro atoms. The van der Waals surface area contributed by atoms with E-state index in [1.807, 2.05) is 0 Å². The Morgan fingerprint density at radius 3 is 2.65 bits per heavy atom. The highest BCUT2D eigenvalue weighted by atomic mass is 16.5. The Balaban J connectivity index is 1.36. The molecule has 1 fully saturated rings. The Morgan fingerprint density at radius 2 is 1.90 bits per heavy atom. The van der Waals surface area contributed by atoms with E-state index in [0.29, 0.717) is 5.41 Å². The quantitative estimate of drug-likeness (QED) is 0.670. The van der Waals surface area contributed by atoms with Crippen LogP contribution in [0.2, 0.25) is 0 Å². The molecule has 3 heterocycles. The van der Waals surface area contributed by atoms with Gasteiger partial charge in [0, 0.05) is 43.0 Å². The van der Waals surface area contributed by atoms with E-state index in [1.54, 1.807) is 0 Å². The van der Waals surface area contributed by atoms with Crippen molar-refractivity contribution in [2.24, 2.45) is 5.41 Å². The summed E-state index contributed by atoms with van der Waals surface area (Å²) >= 11 is 0. The molecule has 2 aromatic heterocycles. The number of H-pyrrole nitrogens is 1. The Morgan fingerprint density at radius 1 is 1.13 bits per heavy atom. The summed E-state index contributed by atoms with van der Waals surface area (Å²) in [5, 5.41) is 12.8. The molecule has 0 radical (unpaired) electrons. The van der Waals surface area contributed by atoms with Crippen molar-refractivity contribution in [3.05, 3.63) is 47.2 Å². The van der Waals surface area contributed by atoms with Crippen molar-refractivity contribution < 1.29 is 4.74 Å². The van der Waals surface area contributed by atoms with E-state index in [4.69, 9.17) is 9.84 Å². The first-order valence-electron chi connectivity index (χ1n) is 11.6. The van der Waals surface area contributed by atoms with Gasteiger partial charge in [-0.2, -0.15) is 10.2 Å². The lowest BCUT2D eigenvalue weighted by molar-refractivity contribution is 0.0342. The second-order valence-corrected chi connectivity index (χ2v) is 9.68. The predicted octanol–water partition coefficient (Wildman–Crippen LogP) is 4.31. The fourth-order valence-corrected chi connectivity index (χ4v) is 4.87. The lowest BCUT2D eigenvalue weighted by Gasteiger charge is -2.30. The van der Waals surface area contributed by atoms with Gasteiger partial charge in [0.05, 0.1) is 24.6 Å². The summed E-state index contributed by atoms with van der Waals surface area (Å²) in [7, 11) is 0. The number of nitrogens with one attached hydrogen (secondary N) is 1. The summed E-state index contributed by atoms with van der Waals surface area (Å²) < 4.78 is 7.63. The fraction of sp³-hybridized carbons (Fsp3) is 0.520. The molecule has 31 heavy (non-hydrogen) atoms. The van der Waals surface area contributed by atoms with Crippen LogP contribution in [0.3, 0.4) is 0 Å². The molecule has 5 rings (SSSR count). The Hall–Kier alpha value is -2.44. The highest BCUT2D eigenvalue weighted by Crippen LogP contribution is 2.39. The molecule has 1 aromatic carbocycles. The Bertz CT molecular complexity index is 1040. The molecule has 6 nitrogen and oxygen atoms in total. The van der Waals surface area contributed by atoms with E-state index in [9.17, 15) is 0 Å². The van der Waals surface area contributed by atoms with Gasteiger partial charge in [-0.25, -0.2) is 0 Å². The van der Waals surface area contributed by atoms with E-state index in [0.717, 1.165) is 74.9 Å². The maximum atomic E-state index is 5.45. The minimum absolute atomic E-state index is 0.347. The highest BCUT2D eigenvalue weighted by molar-refractivity contribution is 5.69. The molecule has 6 heteroatoms. The van der Waals surface area contributed by atoms with Gasteiger partial charge in [-0.05, 0) is 43.2 Å². The van der Waals surface area contributed by atoms with E-state index < -0.39 is 0 Å². The molecule has 1 aliphatic carbocycles.